The van der Waals surface area contributed by atoms with Gasteiger partial charge in [-0.15, -0.1) is 10.2 Å². The molecular weight excluding hydrogens is 402 g/mol. The first-order valence-electron chi connectivity index (χ1n) is 13.2. The fourth-order valence-corrected chi connectivity index (χ4v) is 5.66. The van der Waals surface area contributed by atoms with E-state index in [4.69, 9.17) is 8.85 Å². The quantitative estimate of drug-likeness (QED) is 0.717. The Bertz CT molecular complexity index is 1010. The molecular formula is C25H33N5O2. The van der Waals surface area contributed by atoms with Crippen LogP contribution >= 0.6 is 0 Å². The molecule has 1 saturated carbocycles. The maximum Gasteiger partial charge on any atom is 0.221 e. The monoisotopic (exact) mass is 438 g/mol. The van der Waals surface area contributed by atoms with Crippen molar-refractivity contribution < 1.29 is 13.6 Å². The first-order valence-corrected chi connectivity index (χ1v) is 11.7. The van der Waals surface area contributed by atoms with Gasteiger partial charge in [-0.25, -0.2) is 0 Å². The van der Waals surface area contributed by atoms with Gasteiger partial charge in [0.15, 0.2) is 0 Å². The van der Waals surface area contributed by atoms with Crippen LogP contribution in [0, 0.1) is 17.8 Å². The van der Waals surface area contributed by atoms with Crippen molar-refractivity contribution in [3.8, 4) is 11.3 Å². The van der Waals surface area contributed by atoms with Crippen LogP contribution in [0.1, 0.15) is 36.6 Å². The van der Waals surface area contributed by atoms with Crippen molar-refractivity contribution in [1.82, 2.24) is 15.1 Å². The molecule has 2 aliphatic heterocycles. The van der Waals surface area contributed by atoms with E-state index in [1.807, 2.05) is 18.2 Å². The number of carbonyl (C=O) groups excluding carboxylic acids is 1. The summed E-state index contributed by atoms with van der Waals surface area (Å²) in [5.74, 6) is 2.00. The molecule has 1 unspecified atom stereocenters. The number of rotatable bonds is 6. The lowest BCUT2D eigenvalue weighted by molar-refractivity contribution is -0.114. The Labute approximate surface area is 194 Å². The summed E-state index contributed by atoms with van der Waals surface area (Å²) in [5.41, 5.74) is 1.60. The standard InChI is InChI=1S/C25H33N5O2/c1-17(31)26-23-5-3-2-4-22(23)24-6-7-25(29-28-24)27-21-12-19-15-30(16-20(19)13-21)14-18-8-10-32-11-9-18/h2-7,18-21H,8-16H2,1H3,(H,26,31)(H,27,29)/t19-,20+,21?/i1D3. The lowest BCUT2D eigenvalue weighted by Crippen LogP contribution is -2.32. The minimum atomic E-state index is -2.71. The van der Waals surface area contributed by atoms with Crippen LogP contribution in [0.3, 0.4) is 0 Å². The molecule has 0 bridgehead atoms. The first kappa shape index (κ1) is 18.0. The molecule has 3 atom stereocenters. The van der Waals surface area contributed by atoms with Crippen molar-refractivity contribution in [3.05, 3.63) is 36.4 Å². The number of ether oxygens (including phenoxy) is 1. The zero-order valence-electron chi connectivity index (χ0n) is 21.3. The number of nitrogens with one attached hydrogen (secondary N) is 2. The van der Waals surface area contributed by atoms with Crippen molar-refractivity contribution in [2.45, 2.75) is 38.6 Å². The Morgan fingerprint density at radius 3 is 2.62 bits per heavy atom. The summed E-state index contributed by atoms with van der Waals surface area (Å²) < 4.78 is 27.4. The van der Waals surface area contributed by atoms with E-state index in [2.05, 4.69) is 25.7 Å². The molecule has 2 saturated heterocycles. The molecule has 3 fully saturated rings. The van der Waals surface area contributed by atoms with E-state index in [1.165, 1.54) is 32.5 Å². The summed E-state index contributed by atoms with van der Waals surface area (Å²) >= 11 is 0. The van der Waals surface area contributed by atoms with Crippen LogP contribution < -0.4 is 10.6 Å². The number of fused-ring (bicyclic) bond motifs is 1. The summed E-state index contributed by atoms with van der Waals surface area (Å²) in [6.45, 7) is 2.73. The number of aromatic nitrogens is 2. The van der Waals surface area contributed by atoms with E-state index in [0.717, 1.165) is 49.6 Å². The zero-order valence-corrected chi connectivity index (χ0v) is 18.3. The fourth-order valence-electron chi connectivity index (χ4n) is 5.66. The van der Waals surface area contributed by atoms with E-state index >= 15 is 0 Å². The highest BCUT2D eigenvalue weighted by Crippen LogP contribution is 2.39. The van der Waals surface area contributed by atoms with Gasteiger partial charge >= 0.3 is 0 Å². The van der Waals surface area contributed by atoms with Gasteiger partial charge in [-0.3, -0.25) is 4.79 Å². The van der Waals surface area contributed by atoms with Crippen molar-refractivity contribution in [2.24, 2.45) is 17.8 Å². The number of amides is 1. The highest BCUT2D eigenvalue weighted by atomic mass is 16.5. The second-order valence-corrected chi connectivity index (χ2v) is 9.41. The average molecular weight is 439 g/mol. The van der Waals surface area contributed by atoms with Crippen LogP contribution in [0.2, 0.25) is 0 Å². The third kappa shape index (κ3) is 4.94. The van der Waals surface area contributed by atoms with Gasteiger partial charge in [0.25, 0.3) is 0 Å². The Kier molecular flexibility index (Phi) is 5.36. The number of hydrogen-bond acceptors (Lipinski definition) is 6. The molecule has 2 aromatic rings. The molecule has 7 heteroatoms. The Morgan fingerprint density at radius 2 is 1.91 bits per heavy atom. The summed E-state index contributed by atoms with van der Waals surface area (Å²) in [6, 6.07) is 11.2. The summed E-state index contributed by atoms with van der Waals surface area (Å²) in [7, 11) is 0. The van der Waals surface area contributed by atoms with E-state index in [1.54, 1.807) is 18.2 Å². The van der Waals surface area contributed by atoms with Gasteiger partial charge in [0.1, 0.15) is 5.82 Å². The molecule has 32 heavy (non-hydrogen) atoms. The lowest BCUT2D eigenvalue weighted by Gasteiger charge is -2.27. The molecule has 0 radical (unpaired) electrons. The van der Waals surface area contributed by atoms with E-state index in [0.29, 0.717) is 23.0 Å². The highest BCUT2D eigenvalue weighted by molar-refractivity contribution is 5.93. The molecule has 2 N–H and O–H groups in total. The number of nitrogens with zero attached hydrogens (tertiary/aromatic N) is 3. The Morgan fingerprint density at radius 1 is 1.12 bits per heavy atom. The maximum absolute atomic E-state index is 11.9. The Hall–Kier alpha value is -2.51. The zero-order chi connectivity index (χ0) is 24.4. The second kappa shape index (κ2) is 9.55. The average Bonchev–Trinajstić information content (AvgIpc) is 3.38. The first-order chi connectivity index (χ1) is 16.8. The van der Waals surface area contributed by atoms with E-state index < -0.39 is 12.8 Å². The SMILES string of the molecule is [2H]C([2H])([2H])C(=O)Nc1ccccc1-c1ccc(NC2C[C@@H]3CN(CC4CCOCC4)C[C@@H]3C2)nn1. The van der Waals surface area contributed by atoms with Crippen LogP contribution in [0.25, 0.3) is 11.3 Å². The predicted octanol–water partition coefficient (Wildman–Crippen LogP) is 3.65. The molecule has 7 nitrogen and oxygen atoms in total. The van der Waals surface area contributed by atoms with Crippen LogP contribution in [0.15, 0.2) is 36.4 Å². The van der Waals surface area contributed by atoms with E-state index in [9.17, 15) is 4.79 Å². The van der Waals surface area contributed by atoms with Gasteiger partial charge in [0.2, 0.25) is 5.91 Å². The van der Waals surface area contributed by atoms with Gasteiger partial charge < -0.3 is 20.3 Å². The minimum Gasteiger partial charge on any atom is -0.381 e. The molecule has 3 heterocycles. The predicted molar refractivity (Wildman–Crippen MR) is 125 cm³/mol. The number of carbonyl (C=O) groups is 1. The molecule has 0 spiro atoms. The number of para-hydroxylation sites is 1. The third-order valence-electron chi connectivity index (χ3n) is 7.15. The summed E-state index contributed by atoms with van der Waals surface area (Å²) in [4.78, 5) is 14.6. The van der Waals surface area contributed by atoms with Crippen LogP contribution in [0.5, 0.6) is 0 Å². The van der Waals surface area contributed by atoms with Crippen LogP contribution in [-0.2, 0) is 9.53 Å². The van der Waals surface area contributed by atoms with E-state index in [-0.39, 0.29) is 0 Å². The van der Waals surface area contributed by atoms with Crippen molar-refractivity contribution in [3.63, 3.8) is 0 Å². The lowest BCUT2D eigenvalue weighted by atomic mass is 10.00. The molecule has 5 rings (SSSR count). The van der Waals surface area contributed by atoms with Gasteiger partial charge in [0.05, 0.1) is 11.4 Å². The number of benzene rings is 1. The number of anilines is 2. The molecule has 3 aliphatic rings. The smallest absolute Gasteiger partial charge is 0.221 e. The van der Waals surface area contributed by atoms with Gasteiger partial charge in [0, 0.05) is 55.4 Å². The molecule has 170 valence electrons. The van der Waals surface area contributed by atoms with Crippen molar-refractivity contribution in [2.75, 3.05) is 43.5 Å². The summed E-state index contributed by atoms with van der Waals surface area (Å²) in [6.07, 6.45) is 4.70. The van der Waals surface area contributed by atoms with Crippen LogP contribution in [-0.4, -0.2) is 59.9 Å². The normalized spacial score (nSPS) is 27.9. The molecule has 1 aromatic heterocycles. The molecule has 1 aromatic carbocycles. The third-order valence-corrected chi connectivity index (χ3v) is 7.15. The summed E-state index contributed by atoms with van der Waals surface area (Å²) in [5, 5.41) is 14.8. The van der Waals surface area contributed by atoms with Crippen molar-refractivity contribution >= 4 is 17.4 Å². The largest absolute Gasteiger partial charge is 0.381 e. The maximum atomic E-state index is 11.9. The van der Waals surface area contributed by atoms with Crippen molar-refractivity contribution in [1.29, 1.82) is 0 Å². The molecule has 1 amide bonds. The van der Waals surface area contributed by atoms with Crippen LogP contribution in [0.4, 0.5) is 11.5 Å². The van der Waals surface area contributed by atoms with Gasteiger partial charge in [-0.2, -0.15) is 0 Å². The number of likely N-dealkylation sites (tertiary alicyclic amines) is 1. The number of hydrogen-bond donors (Lipinski definition) is 2. The molecule has 1 aliphatic carbocycles. The van der Waals surface area contributed by atoms with Gasteiger partial charge in [-0.1, -0.05) is 18.2 Å². The highest BCUT2D eigenvalue weighted by Gasteiger charge is 2.41. The Balaban J connectivity index is 1.16. The van der Waals surface area contributed by atoms with Gasteiger partial charge in [-0.05, 0) is 61.6 Å². The minimum absolute atomic E-state index is 0.401. The fraction of sp³-hybridized carbons (Fsp3) is 0.560. The second-order valence-electron chi connectivity index (χ2n) is 9.41. The topological polar surface area (TPSA) is 79.4 Å².